The molecular weight excluding hydrogens is 360 g/mol. The van der Waals surface area contributed by atoms with Crippen LogP contribution in [0.25, 0.3) is 11.0 Å². The van der Waals surface area contributed by atoms with Gasteiger partial charge in [0, 0.05) is 13.1 Å². The summed E-state index contributed by atoms with van der Waals surface area (Å²) < 4.78 is 1.62. The number of nitrogens with zero attached hydrogens (tertiary/aromatic N) is 2. The number of nitrogens with one attached hydrogen (secondary N) is 2. The van der Waals surface area contributed by atoms with Gasteiger partial charge in [-0.15, -0.1) is 0 Å². The van der Waals surface area contributed by atoms with Gasteiger partial charge in [0.15, 0.2) is 0 Å². The molecular formula is C20H18N4O4. The molecule has 3 aromatic rings. The number of rotatable bonds is 6. The maximum absolute atomic E-state index is 12.3. The lowest BCUT2D eigenvalue weighted by atomic mass is 10.1. The first-order valence-electron chi connectivity index (χ1n) is 8.96. The summed E-state index contributed by atoms with van der Waals surface area (Å²) in [7, 11) is 0. The lowest BCUT2D eigenvalue weighted by Crippen LogP contribution is -2.40. The smallest absolute Gasteiger partial charge is 0.326 e. The normalized spacial score (nSPS) is 13.2. The Labute approximate surface area is 159 Å². The van der Waals surface area contributed by atoms with Gasteiger partial charge in [-0.1, -0.05) is 24.3 Å². The third-order valence-corrected chi connectivity index (χ3v) is 4.74. The first kappa shape index (κ1) is 17.7. The zero-order valence-electron chi connectivity index (χ0n) is 15.0. The summed E-state index contributed by atoms with van der Waals surface area (Å²) in [5, 5.41) is 2.70. The molecule has 2 heterocycles. The third-order valence-electron chi connectivity index (χ3n) is 4.74. The molecule has 0 aliphatic carbocycles. The van der Waals surface area contributed by atoms with Crippen molar-refractivity contribution in [2.24, 2.45) is 0 Å². The van der Waals surface area contributed by atoms with Gasteiger partial charge in [-0.3, -0.25) is 23.9 Å². The van der Waals surface area contributed by atoms with E-state index in [0.717, 1.165) is 15.9 Å². The van der Waals surface area contributed by atoms with E-state index in [1.807, 2.05) is 24.3 Å². The fourth-order valence-corrected chi connectivity index (χ4v) is 3.38. The molecule has 28 heavy (non-hydrogen) atoms. The lowest BCUT2D eigenvalue weighted by molar-refractivity contribution is -0.121. The van der Waals surface area contributed by atoms with Gasteiger partial charge in [0.05, 0.1) is 22.2 Å². The van der Waals surface area contributed by atoms with Crippen molar-refractivity contribution in [2.45, 2.75) is 13.0 Å². The maximum Gasteiger partial charge on any atom is 0.326 e. The minimum absolute atomic E-state index is 0.196. The van der Waals surface area contributed by atoms with Crippen molar-refractivity contribution in [1.82, 2.24) is 19.8 Å². The molecule has 4 rings (SSSR count). The number of benzene rings is 2. The highest BCUT2D eigenvalue weighted by Crippen LogP contribution is 2.21. The van der Waals surface area contributed by atoms with Crippen LogP contribution in [0.15, 0.2) is 53.3 Å². The van der Waals surface area contributed by atoms with Crippen molar-refractivity contribution < 1.29 is 14.4 Å². The first-order valence-corrected chi connectivity index (χ1v) is 8.96. The molecule has 0 bridgehead atoms. The molecule has 8 heteroatoms. The molecule has 1 aromatic heterocycles. The van der Waals surface area contributed by atoms with Gasteiger partial charge in [0.1, 0.15) is 6.54 Å². The predicted molar refractivity (Wildman–Crippen MR) is 102 cm³/mol. The summed E-state index contributed by atoms with van der Waals surface area (Å²) in [6.45, 7) is 0.448. The zero-order valence-corrected chi connectivity index (χ0v) is 15.0. The van der Waals surface area contributed by atoms with E-state index >= 15 is 0 Å². The number of aromatic amines is 1. The van der Waals surface area contributed by atoms with Crippen molar-refractivity contribution in [2.75, 3.05) is 13.1 Å². The average Bonchev–Trinajstić information content (AvgIpc) is 3.14. The van der Waals surface area contributed by atoms with Gasteiger partial charge in [0.2, 0.25) is 5.91 Å². The summed E-state index contributed by atoms with van der Waals surface area (Å²) in [6.07, 6.45) is 0.537. The van der Waals surface area contributed by atoms with Gasteiger partial charge in [-0.05, 0) is 30.7 Å². The van der Waals surface area contributed by atoms with Crippen molar-refractivity contribution in [3.05, 3.63) is 70.1 Å². The van der Waals surface area contributed by atoms with E-state index < -0.39 is 17.7 Å². The van der Waals surface area contributed by atoms with Gasteiger partial charge in [-0.25, -0.2) is 4.79 Å². The quantitative estimate of drug-likeness (QED) is 0.496. The second kappa shape index (κ2) is 7.15. The van der Waals surface area contributed by atoms with Crippen LogP contribution in [-0.4, -0.2) is 45.3 Å². The zero-order chi connectivity index (χ0) is 19.7. The number of aromatic nitrogens is 2. The number of amides is 3. The minimum Gasteiger partial charge on any atom is -0.354 e. The number of carbonyl (C=O) groups excluding carboxylic acids is 3. The largest absolute Gasteiger partial charge is 0.354 e. The third kappa shape index (κ3) is 3.09. The Hall–Kier alpha value is -3.68. The Morgan fingerprint density at radius 2 is 1.57 bits per heavy atom. The average molecular weight is 378 g/mol. The number of hydrogen-bond acceptors (Lipinski definition) is 4. The molecule has 0 unspecified atom stereocenters. The number of imidazole rings is 1. The lowest BCUT2D eigenvalue weighted by Gasteiger charge is -2.13. The van der Waals surface area contributed by atoms with Gasteiger partial charge < -0.3 is 10.3 Å². The highest BCUT2D eigenvalue weighted by molar-refractivity contribution is 6.22. The predicted octanol–water partition coefficient (Wildman–Crippen LogP) is 1.13. The molecule has 2 aromatic carbocycles. The highest BCUT2D eigenvalue weighted by atomic mass is 16.2. The van der Waals surface area contributed by atoms with Crippen LogP contribution in [0.4, 0.5) is 0 Å². The number of hydrogen-bond donors (Lipinski definition) is 2. The number of carbonyl (C=O) groups is 3. The molecule has 0 atom stereocenters. The number of imide groups is 1. The summed E-state index contributed by atoms with van der Waals surface area (Å²) in [4.78, 5) is 52.4. The number of para-hydroxylation sites is 2. The molecule has 0 saturated carbocycles. The molecule has 1 aliphatic rings. The topological polar surface area (TPSA) is 104 Å². The van der Waals surface area contributed by atoms with Crippen molar-refractivity contribution >= 4 is 28.8 Å². The van der Waals surface area contributed by atoms with Crippen LogP contribution in [-0.2, 0) is 11.3 Å². The van der Waals surface area contributed by atoms with E-state index in [9.17, 15) is 19.2 Å². The van der Waals surface area contributed by atoms with Crippen LogP contribution >= 0.6 is 0 Å². The van der Waals surface area contributed by atoms with Crippen LogP contribution in [0.3, 0.4) is 0 Å². The standard InChI is InChI=1S/C20H18N4O4/c25-17(12-24-18(26)13-6-1-2-7-14(13)19(24)27)21-10-5-11-23-16-9-4-3-8-15(16)22-20(23)28/h1-4,6-9H,5,10-12H2,(H,21,25)(H,22,28). The van der Waals surface area contributed by atoms with E-state index in [0.29, 0.717) is 30.6 Å². The number of H-pyrrole nitrogens is 1. The van der Waals surface area contributed by atoms with Crippen LogP contribution in [0.2, 0.25) is 0 Å². The molecule has 0 saturated heterocycles. The molecule has 0 spiro atoms. The Morgan fingerprint density at radius 1 is 0.929 bits per heavy atom. The van der Waals surface area contributed by atoms with Gasteiger partial charge >= 0.3 is 5.69 Å². The Morgan fingerprint density at radius 3 is 2.29 bits per heavy atom. The van der Waals surface area contributed by atoms with Crippen LogP contribution < -0.4 is 11.0 Å². The Kier molecular flexibility index (Phi) is 4.52. The summed E-state index contributed by atoms with van der Waals surface area (Å²) in [6, 6.07) is 13.9. The summed E-state index contributed by atoms with van der Waals surface area (Å²) in [5.41, 5.74) is 2.02. The van der Waals surface area contributed by atoms with Crippen molar-refractivity contribution in [1.29, 1.82) is 0 Å². The minimum atomic E-state index is -0.457. The molecule has 3 amide bonds. The van der Waals surface area contributed by atoms with Crippen LogP contribution in [0.5, 0.6) is 0 Å². The maximum atomic E-state index is 12.3. The Bertz CT molecular complexity index is 1110. The molecule has 1 aliphatic heterocycles. The highest BCUT2D eigenvalue weighted by Gasteiger charge is 2.36. The molecule has 0 radical (unpaired) electrons. The molecule has 8 nitrogen and oxygen atoms in total. The van der Waals surface area contributed by atoms with E-state index in [1.165, 1.54) is 0 Å². The first-order chi connectivity index (χ1) is 13.6. The Balaban J connectivity index is 1.31. The van der Waals surface area contributed by atoms with Gasteiger partial charge in [-0.2, -0.15) is 0 Å². The van der Waals surface area contributed by atoms with Crippen LogP contribution in [0, 0.1) is 0 Å². The van der Waals surface area contributed by atoms with E-state index in [1.54, 1.807) is 28.8 Å². The molecule has 2 N–H and O–H groups in total. The van der Waals surface area contributed by atoms with E-state index in [4.69, 9.17) is 0 Å². The van der Waals surface area contributed by atoms with Crippen molar-refractivity contribution in [3.8, 4) is 0 Å². The van der Waals surface area contributed by atoms with Gasteiger partial charge in [0.25, 0.3) is 11.8 Å². The number of aryl methyl sites for hydroxylation is 1. The SMILES string of the molecule is O=C(CN1C(=O)c2ccccc2C1=O)NCCCn1c(=O)[nH]c2ccccc21. The van der Waals surface area contributed by atoms with Crippen LogP contribution in [0.1, 0.15) is 27.1 Å². The molecule has 0 fully saturated rings. The monoisotopic (exact) mass is 378 g/mol. The second-order valence-electron chi connectivity index (χ2n) is 6.54. The summed E-state index contributed by atoms with van der Waals surface area (Å²) >= 11 is 0. The second-order valence-corrected chi connectivity index (χ2v) is 6.54. The van der Waals surface area contributed by atoms with E-state index in [-0.39, 0.29) is 12.2 Å². The fraction of sp³-hybridized carbons (Fsp3) is 0.200. The number of fused-ring (bicyclic) bond motifs is 2. The molecule has 142 valence electrons. The van der Waals surface area contributed by atoms with Crippen molar-refractivity contribution in [3.63, 3.8) is 0 Å². The fourth-order valence-electron chi connectivity index (χ4n) is 3.38. The summed E-state index contributed by atoms with van der Waals surface area (Å²) in [5.74, 6) is -1.33. The van der Waals surface area contributed by atoms with E-state index in [2.05, 4.69) is 10.3 Å².